The van der Waals surface area contributed by atoms with Crippen LogP contribution in [0.15, 0.2) is 29.8 Å². The Balaban J connectivity index is 1.44. The molecular formula is C15H16N4OS2. The van der Waals surface area contributed by atoms with Gasteiger partial charge in [0.2, 0.25) is 5.91 Å². The monoisotopic (exact) mass is 332 g/mol. The van der Waals surface area contributed by atoms with E-state index in [0.717, 1.165) is 38.8 Å². The molecule has 1 amide bonds. The first-order valence-electron chi connectivity index (χ1n) is 6.92. The van der Waals surface area contributed by atoms with Crippen LogP contribution >= 0.6 is 23.1 Å². The van der Waals surface area contributed by atoms with Crippen molar-refractivity contribution >= 4 is 45.6 Å². The summed E-state index contributed by atoms with van der Waals surface area (Å²) < 4.78 is 0. The molecular weight excluding hydrogens is 316 g/mol. The second-order valence-corrected chi connectivity index (χ2v) is 7.05. The highest BCUT2D eigenvalue weighted by Crippen LogP contribution is 2.18. The number of carbonyl (C=O) groups excluding carboxylic acids is 1. The number of aryl methyl sites for hydroxylation is 1. The minimum Gasteiger partial charge on any atom is -0.326 e. The Kier molecular flexibility index (Phi) is 4.74. The molecule has 0 aliphatic rings. The van der Waals surface area contributed by atoms with Gasteiger partial charge in [-0.15, -0.1) is 11.3 Å². The topological polar surface area (TPSA) is 70.7 Å². The summed E-state index contributed by atoms with van der Waals surface area (Å²) in [5, 5.41) is 14.0. The van der Waals surface area contributed by atoms with Crippen LogP contribution in [0, 0.1) is 6.92 Å². The van der Waals surface area contributed by atoms with E-state index in [1.54, 1.807) is 29.3 Å². The third-order valence-electron chi connectivity index (χ3n) is 3.12. The molecule has 0 bridgehead atoms. The summed E-state index contributed by atoms with van der Waals surface area (Å²) in [6.45, 7) is 2.00. The number of benzene rings is 1. The van der Waals surface area contributed by atoms with Crippen molar-refractivity contribution in [2.45, 2.75) is 19.1 Å². The fraction of sp³-hybridized carbons (Fsp3) is 0.267. The predicted octanol–water partition coefficient (Wildman–Crippen LogP) is 3.59. The largest absolute Gasteiger partial charge is 0.326 e. The Bertz CT molecular complexity index is 781. The molecule has 0 unspecified atom stereocenters. The molecule has 0 aliphatic carbocycles. The first kappa shape index (κ1) is 15.1. The van der Waals surface area contributed by atoms with Crippen molar-refractivity contribution in [1.82, 2.24) is 15.2 Å². The Morgan fingerprint density at radius 2 is 2.36 bits per heavy atom. The van der Waals surface area contributed by atoms with Gasteiger partial charge in [-0.05, 0) is 25.1 Å². The lowest BCUT2D eigenvalue weighted by Gasteiger charge is -2.05. The Hall–Kier alpha value is -1.86. The fourth-order valence-corrected chi connectivity index (χ4v) is 3.60. The molecule has 5 nitrogen and oxygen atoms in total. The summed E-state index contributed by atoms with van der Waals surface area (Å²) in [6.07, 6.45) is 2.26. The summed E-state index contributed by atoms with van der Waals surface area (Å²) in [6, 6.07) is 5.72. The maximum Gasteiger partial charge on any atom is 0.225 e. The number of nitrogens with zero attached hydrogens (tertiary/aromatic N) is 2. The van der Waals surface area contributed by atoms with E-state index in [-0.39, 0.29) is 5.91 Å². The number of fused-ring (bicyclic) bond motifs is 1. The molecule has 7 heteroatoms. The first-order chi connectivity index (χ1) is 10.7. The number of aromatic amines is 1. The molecule has 0 atom stereocenters. The van der Waals surface area contributed by atoms with Gasteiger partial charge in [0.05, 0.1) is 22.4 Å². The molecule has 2 heterocycles. The zero-order valence-corrected chi connectivity index (χ0v) is 13.8. The summed E-state index contributed by atoms with van der Waals surface area (Å²) >= 11 is 3.39. The third-order valence-corrected chi connectivity index (χ3v) is 4.93. The SMILES string of the molecule is Cc1nc(CSCCC(=O)Nc2ccc3cn[nH]c3c2)cs1. The molecule has 0 fully saturated rings. The standard InChI is InChI=1S/C15H16N4OS2/c1-10-17-13(9-22-10)8-21-5-4-15(20)18-12-3-2-11-7-16-19-14(11)6-12/h2-3,6-7,9H,4-5,8H2,1H3,(H,16,19)(H,18,20). The van der Waals surface area contributed by atoms with Crippen LogP contribution < -0.4 is 5.32 Å². The lowest BCUT2D eigenvalue weighted by Crippen LogP contribution is -2.12. The summed E-state index contributed by atoms with van der Waals surface area (Å²) in [7, 11) is 0. The quantitative estimate of drug-likeness (QED) is 0.677. The van der Waals surface area contributed by atoms with E-state index < -0.39 is 0 Å². The van der Waals surface area contributed by atoms with E-state index in [9.17, 15) is 4.79 Å². The number of carbonyl (C=O) groups is 1. The van der Waals surface area contributed by atoms with Gasteiger partial charge in [0, 0.05) is 34.4 Å². The molecule has 0 saturated heterocycles. The smallest absolute Gasteiger partial charge is 0.225 e. The molecule has 0 radical (unpaired) electrons. The van der Waals surface area contributed by atoms with Crippen molar-refractivity contribution in [3.05, 3.63) is 40.5 Å². The molecule has 22 heavy (non-hydrogen) atoms. The molecule has 0 spiro atoms. The van der Waals surface area contributed by atoms with E-state index in [2.05, 4.69) is 25.9 Å². The van der Waals surface area contributed by atoms with Gasteiger partial charge in [-0.25, -0.2) is 4.98 Å². The second-order valence-electron chi connectivity index (χ2n) is 4.88. The van der Waals surface area contributed by atoms with E-state index in [1.807, 2.05) is 25.1 Å². The number of rotatable bonds is 6. The number of anilines is 1. The molecule has 2 N–H and O–H groups in total. The minimum atomic E-state index is 0.0285. The molecule has 0 aliphatic heterocycles. The number of H-pyrrole nitrogens is 1. The molecule has 3 aromatic rings. The van der Waals surface area contributed by atoms with Crippen LogP contribution in [0.1, 0.15) is 17.1 Å². The lowest BCUT2D eigenvalue weighted by atomic mass is 10.2. The van der Waals surface area contributed by atoms with Gasteiger partial charge in [0.15, 0.2) is 0 Å². The molecule has 0 saturated carbocycles. The van der Waals surface area contributed by atoms with Crippen molar-refractivity contribution in [2.24, 2.45) is 0 Å². The predicted molar refractivity (Wildman–Crippen MR) is 92.4 cm³/mol. The number of thioether (sulfide) groups is 1. The van der Waals surface area contributed by atoms with Crippen LogP contribution in [0.3, 0.4) is 0 Å². The summed E-state index contributed by atoms with van der Waals surface area (Å²) in [5.41, 5.74) is 2.81. The second kappa shape index (κ2) is 6.93. The molecule has 2 aromatic heterocycles. The molecule has 114 valence electrons. The number of hydrogen-bond donors (Lipinski definition) is 2. The highest BCUT2D eigenvalue weighted by atomic mass is 32.2. The fourth-order valence-electron chi connectivity index (χ4n) is 2.05. The Morgan fingerprint density at radius 1 is 1.45 bits per heavy atom. The van der Waals surface area contributed by atoms with Crippen molar-refractivity contribution < 1.29 is 4.79 Å². The maximum absolute atomic E-state index is 11.9. The van der Waals surface area contributed by atoms with Crippen molar-refractivity contribution in [1.29, 1.82) is 0 Å². The van der Waals surface area contributed by atoms with Gasteiger partial charge in [-0.1, -0.05) is 0 Å². The van der Waals surface area contributed by atoms with Gasteiger partial charge >= 0.3 is 0 Å². The third kappa shape index (κ3) is 3.86. The number of amides is 1. The number of aromatic nitrogens is 3. The lowest BCUT2D eigenvalue weighted by molar-refractivity contribution is -0.115. The van der Waals surface area contributed by atoms with E-state index >= 15 is 0 Å². The number of hydrogen-bond acceptors (Lipinski definition) is 5. The van der Waals surface area contributed by atoms with Crippen LogP contribution in [-0.2, 0) is 10.5 Å². The zero-order valence-electron chi connectivity index (χ0n) is 12.1. The van der Waals surface area contributed by atoms with E-state index in [1.165, 1.54) is 0 Å². The maximum atomic E-state index is 11.9. The van der Waals surface area contributed by atoms with E-state index in [4.69, 9.17) is 0 Å². The summed E-state index contributed by atoms with van der Waals surface area (Å²) in [4.78, 5) is 16.3. The Morgan fingerprint density at radius 3 is 3.18 bits per heavy atom. The number of nitrogens with one attached hydrogen (secondary N) is 2. The van der Waals surface area contributed by atoms with Crippen LogP contribution in [-0.4, -0.2) is 26.8 Å². The van der Waals surface area contributed by atoms with Crippen LogP contribution in [0.4, 0.5) is 5.69 Å². The molecule has 1 aromatic carbocycles. The van der Waals surface area contributed by atoms with Crippen LogP contribution in [0.2, 0.25) is 0 Å². The van der Waals surface area contributed by atoms with Gasteiger partial charge in [0.1, 0.15) is 0 Å². The van der Waals surface area contributed by atoms with Gasteiger partial charge < -0.3 is 5.32 Å². The van der Waals surface area contributed by atoms with Crippen LogP contribution in [0.5, 0.6) is 0 Å². The van der Waals surface area contributed by atoms with Gasteiger partial charge in [-0.3, -0.25) is 9.89 Å². The minimum absolute atomic E-state index is 0.0285. The van der Waals surface area contributed by atoms with Gasteiger partial charge in [0.25, 0.3) is 0 Å². The highest BCUT2D eigenvalue weighted by molar-refractivity contribution is 7.98. The highest BCUT2D eigenvalue weighted by Gasteiger charge is 2.05. The van der Waals surface area contributed by atoms with Crippen molar-refractivity contribution in [2.75, 3.05) is 11.1 Å². The average Bonchev–Trinajstić information content (AvgIpc) is 3.12. The zero-order chi connectivity index (χ0) is 15.4. The number of thiazole rings is 1. The van der Waals surface area contributed by atoms with Crippen molar-refractivity contribution in [3.8, 4) is 0 Å². The van der Waals surface area contributed by atoms with Crippen LogP contribution in [0.25, 0.3) is 10.9 Å². The average molecular weight is 332 g/mol. The normalized spacial score (nSPS) is 11.0. The van der Waals surface area contributed by atoms with Gasteiger partial charge in [-0.2, -0.15) is 16.9 Å². The Labute approximate surface area is 136 Å². The van der Waals surface area contributed by atoms with E-state index in [0.29, 0.717) is 6.42 Å². The summed E-state index contributed by atoms with van der Waals surface area (Å²) in [5.74, 6) is 1.67. The first-order valence-corrected chi connectivity index (χ1v) is 8.96. The molecule has 3 rings (SSSR count). The van der Waals surface area contributed by atoms with Crippen molar-refractivity contribution in [3.63, 3.8) is 0 Å².